The van der Waals surface area contributed by atoms with Crippen LogP contribution < -0.4 is 5.56 Å². The van der Waals surface area contributed by atoms with Gasteiger partial charge in [0.2, 0.25) is 5.91 Å². The van der Waals surface area contributed by atoms with E-state index >= 15 is 0 Å². The number of amides is 2. The van der Waals surface area contributed by atoms with Crippen LogP contribution in [0.5, 0.6) is 0 Å². The molecule has 8 nitrogen and oxygen atoms in total. The molecule has 2 aromatic heterocycles. The van der Waals surface area contributed by atoms with E-state index in [4.69, 9.17) is 4.98 Å². The molecule has 6 rings (SSSR count). The lowest BCUT2D eigenvalue weighted by molar-refractivity contribution is -0.133. The van der Waals surface area contributed by atoms with Gasteiger partial charge in [-0.25, -0.2) is 13.9 Å². The maximum absolute atomic E-state index is 13.3. The van der Waals surface area contributed by atoms with E-state index in [1.165, 1.54) is 28.8 Å². The quantitative estimate of drug-likeness (QED) is 0.665. The van der Waals surface area contributed by atoms with E-state index in [1.807, 2.05) is 6.07 Å². The van der Waals surface area contributed by atoms with Crippen molar-refractivity contribution in [3.8, 4) is 0 Å². The molecule has 1 aliphatic carbocycles. The molecule has 1 atom stereocenters. The Morgan fingerprint density at radius 2 is 1.88 bits per heavy atom. The van der Waals surface area contributed by atoms with E-state index in [9.17, 15) is 18.8 Å². The van der Waals surface area contributed by atoms with Crippen molar-refractivity contribution in [2.45, 2.75) is 44.7 Å². The van der Waals surface area contributed by atoms with Crippen LogP contribution in [0.2, 0.25) is 0 Å². The van der Waals surface area contributed by atoms with Gasteiger partial charge in [0.05, 0.1) is 29.5 Å². The number of H-pyrrole nitrogens is 1. The fraction of sp³-hybridized carbons (Fsp3) is 0.417. The highest BCUT2D eigenvalue weighted by molar-refractivity contribution is 5.94. The summed E-state index contributed by atoms with van der Waals surface area (Å²) < 4.78 is 14.7. The molecule has 9 heteroatoms. The van der Waals surface area contributed by atoms with Crippen molar-refractivity contribution in [2.24, 2.45) is 5.92 Å². The van der Waals surface area contributed by atoms with Gasteiger partial charge in [0.25, 0.3) is 11.5 Å². The Morgan fingerprint density at radius 1 is 1.09 bits per heavy atom. The van der Waals surface area contributed by atoms with Crippen LogP contribution in [-0.2, 0) is 17.8 Å². The number of rotatable bonds is 3. The minimum Gasteiger partial charge on any atom is -0.337 e. The average Bonchev–Trinajstić information content (AvgIpc) is 3.40. The van der Waals surface area contributed by atoms with Crippen LogP contribution in [-0.4, -0.2) is 49.3 Å². The van der Waals surface area contributed by atoms with Crippen molar-refractivity contribution >= 4 is 17.5 Å². The van der Waals surface area contributed by atoms with Crippen molar-refractivity contribution in [3.63, 3.8) is 0 Å². The molecule has 2 fully saturated rings. The van der Waals surface area contributed by atoms with Crippen molar-refractivity contribution in [1.29, 1.82) is 0 Å². The zero-order valence-corrected chi connectivity index (χ0v) is 18.1. The molecule has 1 saturated heterocycles. The van der Waals surface area contributed by atoms with Crippen LogP contribution in [0.3, 0.4) is 0 Å². The normalized spacial score (nSPS) is 20.3. The number of nitrogens with zero attached hydrogens (tertiary/aromatic N) is 4. The number of fused-ring (bicyclic) bond motifs is 2. The van der Waals surface area contributed by atoms with Gasteiger partial charge in [0, 0.05) is 37.1 Å². The number of aromatic amines is 1. The minimum absolute atomic E-state index is 0.120. The molecule has 3 aromatic rings. The first-order valence-corrected chi connectivity index (χ1v) is 11.5. The van der Waals surface area contributed by atoms with Gasteiger partial charge in [-0.2, -0.15) is 0 Å². The number of benzene rings is 1. The van der Waals surface area contributed by atoms with Crippen LogP contribution in [0.4, 0.5) is 4.39 Å². The summed E-state index contributed by atoms with van der Waals surface area (Å²) in [5.74, 6) is -0.287. The van der Waals surface area contributed by atoms with Gasteiger partial charge >= 0.3 is 0 Å². The van der Waals surface area contributed by atoms with Gasteiger partial charge in [-0.15, -0.1) is 0 Å². The number of hydrogen-bond donors (Lipinski definition) is 1. The molecular weight excluding hydrogens is 425 g/mol. The molecule has 3 aliphatic rings. The fourth-order valence-corrected chi connectivity index (χ4v) is 5.04. The summed E-state index contributed by atoms with van der Waals surface area (Å²) in [5.41, 5.74) is 2.83. The monoisotopic (exact) mass is 449 g/mol. The smallest absolute Gasteiger partial charge is 0.277 e. The Bertz CT molecular complexity index is 1320. The lowest BCUT2D eigenvalue weighted by atomic mass is 10.1. The SMILES string of the molecule is O=C(C1CC1)N1CCc2nc3cc([C@H]4CCCN4C(=O)c4ccc(F)cc4)[nH]n3c(=O)c2C1. The van der Waals surface area contributed by atoms with E-state index in [1.54, 1.807) is 9.80 Å². The van der Waals surface area contributed by atoms with Crippen LogP contribution in [0.25, 0.3) is 5.65 Å². The molecule has 2 aliphatic heterocycles. The predicted octanol–water partition coefficient (Wildman–Crippen LogP) is 2.43. The molecule has 1 saturated carbocycles. The maximum atomic E-state index is 13.3. The average molecular weight is 449 g/mol. The summed E-state index contributed by atoms with van der Waals surface area (Å²) >= 11 is 0. The summed E-state index contributed by atoms with van der Waals surface area (Å²) in [7, 11) is 0. The number of carbonyl (C=O) groups excluding carboxylic acids is 2. The lowest BCUT2D eigenvalue weighted by Crippen LogP contribution is -2.40. The van der Waals surface area contributed by atoms with E-state index in [-0.39, 0.29) is 35.2 Å². The highest BCUT2D eigenvalue weighted by Gasteiger charge is 2.36. The second-order valence-corrected chi connectivity index (χ2v) is 9.19. The Hall–Kier alpha value is -3.49. The molecule has 1 aromatic carbocycles. The first kappa shape index (κ1) is 20.1. The summed E-state index contributed by atoms with van der Waals surface area (Å²) in [5, 5.41) is 3.16. The molecule has 170 valence electrons. The molecule has 2 amide bonds. The number of hydrogen-bond acceptors (Lipinski definition) is 4. The number of carbonyl (C=O) groups is 2. The standard InChI is InChI=1S/C24H24FN5O3/c25-16-7-5-15(6-8-16)23(32)29-10-1-2-20(29)19-12-21-26-18-9-11-28(22(31)14-3-4-14)13-17(18)24(33)30(21)27-19/h5-8,12,14,20,27H,1-4,9-11,13H2/t20-/m1/s1. The first-order valence-electron chi connectivity index (χ1n) is 11.5. The van der Waals surface area contributed by atoms with Crippen LogP contribution >= 0.6 is 0 Å². The first-order chi connectivity index (χ1) is 16.0. The largest absolute Gasteiger partial charge is 0.337 e. The Balaban J connectivity index is 1.31. The van der Waals surface area contributed by atoms with Gasteiger partial charge in [-0.1, -0.05) is 0 Å². The van der Waals surface area contributed by atoms with Gasteiger partial charge in [-0.3, -0.25) is 19.5 Å². The molecule has 0 radical (unpaired) electrons. The zero-order chi connectivity index (χ0) is 22.7. The number of nitrogens with one attached hydrogen (secondary N) is 1. The Kier molecular flexibility index (Phi) is 4.60. The zero-order valence-electron chi connectivity index (χ0n) is 18.1. The van der Waals surface area contributed by atoms with E-state index < -0.39 is 0 Å². The summed E-state index contributed by atoms with van der Waals surface area (Å²) in [6, 6.07) is 7.18. The van der Waals surface area contributed by atoms with E-state index in [0.29, 0.717) is 42.8 Å². The summed E-state index contributed by atoms with van der Waals surface area (Å²) in [6.45, 7) is 1.48. The predicted molar refractivity (Wildman–Crippen MR) is 117 cm³/mol. The highest BCUT2D eigenvalue weighted by atomic mass is 19.1. The molecular formula is C24H24FN5O3. The van der Waals surface area contributed by atoms with E-state index in [0.717, 1.165) is 37.1 Å². The Labute approximate surface area is 189 Å². The second-order valence-electron chi connectivity index (χ2n) is 9.19. The van der Waals surface area contributed by atoms with Crippen molar-refractivity contribution in [3.05, 3.63) is 69.0 Å². The third-order valence-electron chi connectivity index (χ3n) is 6.98. The van der Waals surface area contributed by atoms with E-state index in [2.05, 4.69) is 5.10 Å². The lowest BCUT2D eigenvalue weighted by Gasteiger charge is -2.27. The molecule has 0 unspecified atom stereocenters. The van der Waals surface area contributed by atoms with Gasteiger partial charge < -0.3 is 9.80 Å². The molecule has 0 bridgehead atoms. The Morgan fingerprint density at radius 3 is 2.64 bits per heavy atom. The summed E-state index contributed by atoms with van der Waals surface area (Å²) in [4.78, 5) is 47.1. The third-order valence-corrected chi connectivity index (χ3v) is 6.98. The molecule has 4 heterocycles. The third kappa shape index (κ3) is 3.42. The minimum atomic E-state index is -0.382. The van der Waals surface area contributed by atoms with Crippen molar-refractivity contribution in [2.75, 3.05) is 13.1 Å². The second kappa shape index (κ2) is 7.54. The van der Waals surface area contributed by atoms with Gasteiger partial charge in [0.15, 0.2) is 5.65 Å². The van der Waals surface area contributed by atoms with Crippen LogP contribution in [0.1, 0.15) is 59.0 Å². The number of halogens is 1. The highest BCUT2D eigenvalue weighted by Crippen LogP contribution is 2.34. The molecule has 0 spiro atoms. The van der Waals surface area contributed by atoms with Gasteiger partial charge in [0.1, 0.15) is 5.82 Å². The fourth-order valence-electron chi connectivity index (χ4n) is 5.04. The summed E-state index contributed by atoms with van der Waals surface area (Å²) in [6.07, 6.45) is 4.04. The molecule has 1 N–H and O–H groups in total. The maximum Gasteiger partial charge on any atom is 0.277 e. The van der Waals surface area contributed by atoms with Gasteiger partial charge in [-0.05, 0) is 49.9 Å². The van der Waals surface area contributed by atoms with Crippen LogP contribution in [0, 0.1) is 11.7 Å². The van der Waals surface area contributed by atoms with Crippen LogP contribution in [0.15, 0.2) is 35.1 Å². The van der Waals surface area contributed by atoms with Crippen molar-refractivity contribution in [1.82, 2.24) is 24.4 Å². The topological polar surface area (TPSA) is 90.8 Å². The molecule has 33 heavy (non-hydrogen) atoms. The van der Waals surface area contributed by atoms with Crippen molar-refractivity contribution < 1.29 is 14.0 Å². The number of aromatic nitrogens is 3. The number of likely N-dealkylation sites (tertiary alicyclic amines) is 1.